The van der Waals surface area contributed by atoms with Gasteiger partial charge in [-0.05, 0) is 57.3 Å². The third-order valence-corrected chi connectivity index (χ3v) is 13.8. The Balaban J connectivity index is 1.67. The number of aliphatic carboxylic acids is 1. The van der Waals surface area contributed by atoms with Gasteiger partial charge in [0.15, 0.2) is 12.6 Å². The predicted octanol–water partition coefficient (Wildman–Crippen LogP) is -5.87. The fourth-order valence-corrected chi connectivity index (χ4v) is 8.95. The normalized spacial score (nSPS) is 28.6. The van der Waals surface area contributed by atoms with E-state index in [9.17, 15) is 78.9 Å². The van der Waals surface area contributed by atoms with Crippen LogP contribution in [0.5, 0.6) is 0 Å². The van der Waals surface area contributed by atoms with E-state index in [1.165, 1.54) is 25.7 Å². The summed E-state index contributed by atoms with van der Waals surface area (Å²) in [7, 11) is 0. The Morgan fingerprint density at radius 3 is 1.55 bits per heavy atom. The Bertz CT molecular complexity index is 2080. The molecule has 8 amide bonds. The molecule has 0 saturated carbocycles. The van der Waals surface area contributed by atoms with Gasteiger partial charge in [-0.25, -0.2) is 4.79 Å². The summed E-state index contributed by atoms with van der Waals surface area (Å²) < 4.78 is 23.1. The van der Waals surface area contributed by atoms with Crippen LogP contribution in [0.4, 0.5) is 0 Å². The van der Waals surface area contributed by atoms with Crippen molar-refractivity contribution < 1.29 is 97.8 Å². The number of carbonyl (C=O) groups excluding carboxylic acids is 8. The summed E-state index contributed by atoms with van der Waals surface area (Å²) in [6.07, 6.45) is -16.0. The molecule has 19 atom stereocenters. The Kier molecular flexibility index (Phi) is 25.7. The van der Waals surface area contributed by atoms with Gasteiger partial charge in [0.05, 0.1) is 19.3 Å². The third kappa shape index (κ3) is 17.4. The van der Waals surface area contributed by atoms with Crippen molar-refractivity contribution in [3.05, 3.63) is 0 Å². The number of aliphatic hydroxyl groups is 6. The van der Waals surface area contributed by atoms with E-state index in [0.717, 1.165) is 6.92 Å². The molecule has 0 aromatic carbocycles. The molecule has 0 radical (unpaired) electrons. The number of nitrogens with two attached hydrogens (primary N) is 1. The van der Waals surface area contributed by atoms with E-state index in [1.807, 2.05) is 0 Å². The fraction of sp³-hybridized carbons (Fsp3) is 0.816. The summed E-state index contributed by atoms with van der Waals surface area (Å²) in [4.78, 5) is 121. The van der Waals surface area contributed by atoms with Gasteiger partial charge < -0.3 is 103 Å². The highest BCUT2D eigenvalue weighted by atomic mass is 16.7. The standard InChI is InChI=1S/C49H85N9O20/c1-18(2)30(44(70)55-31(19(3)4)45(71)57-33(21(7)8)47(73)74)54-41(67)23(10)51-40(66)22(9)52-42(68)26-14-13-15-58(26)46(72)32(20(5)6)56-43(69)29(50)24(11)75-48-34(53-25(12)61)39(36(63)28(17-60)76-48)78-49-38(65)37(64)35(62)27(16-59)77-49/h18-24,26-39,48-49,59-60,62-65H,13-17,50H2,1-12H3,(H,51,66)(H,52,68)(H,53,61)(H,54,67)(H,55,70)(H,56,69)(H,57,71)(H,73,74)/t22-,23-,24+,26-,27+,28+,29-,30-,31-,32-,33-,34+,35-,36-,37-,38+,39+,48-,49-/m0/s1. The molecule has 0 aromatic heterocycles. The number of nitrogens with one attached hydrogen (secondary N) is 7. The largest absolute Gasteiger partial charge is 0.480 e. The molecular formula is C49H85N9O20. The lowest BCUT2D eigenvalue weighted by Gasteiger charge is -2.48. The quantitative estimate of drug-likeness (QED) is 0.0384. The summed E-state index contributed by atoms with van der Waals surface area (Å²) in [6.45, 7) is 16.7. The molecule has 78 heavy (non-hydrogen) atoms. The van der Waals surface area contributed by atoms with Gasteiger partial charge in [-0.15, -0.1) is 0 Å². The van der Waals surface area contributed by atoms with Crippen LogP contribution in [-0.4, -0.2) is 229 Å². The number of aliphatic hydroxyl groups excluding tert-OH is 6. The maximum atomic E-state index is 14.2. The van der Waals surface area contributed by atoms with E-state index in [1.54, 1.807) is 55.4 Å². The second-order valence-corrected chi connectivity index (χ2v) is 21.5. The molecule has 0 aliphatic carbocycles. The van der Waals surface area contributed by atoms with E-state index in [4.69, 9.17) is 24.7 Å². The molecule has 29 nitrogen and oxygen atoms in total. The van der Waals surface area contributed by atoms with Crippen molar-refractivity contribution >= 4 is 53.2 Å². The van der Waals surface area contributed by atoms with Crippen molar-refractivity contribution in [1.29, 1.82) is 0 Å². The first-order chi connectivity index (χ1) is 36.3. The number of carboxylic acids is 1. The van der Waals surface area contributed by atoms with Crippen LogP contribution in [0.15, 0.2) is 0 Å². The smallest absolute Gasteiger partial charge is 0.326 e. The second-order valence-electron chi connectivity index (χ2n) is 21.5. The van der Waals surface area contributed by atoms with Gasteiger partial charge in [0.25, 0.3) is 0 Å². The molecule has 3 fully saturated rings. The Morgan fingerprint density at radius 1 is 0.590 bits per heavy atom. The number of nitrogens with zero attached hydrogens (tertiary/aromatic N) is 1. The molecule has 3 saturated heterocycles. The predicted molar refractivity (Wildman–Crippen MR) is 271 cm³/mol. The molecule has 3 aliphatic heterocycles. The minimum absolute atomic E-state index is 0.0983. The Labute approximate surface area is 453 Å². The molecule has 3 rings (SSSR count). The van der Waals surface area contributed by atoms with Crippen molar-refractivity contribution in [3.63, 3.8) is 0 Å². The number of ether oxygens (including phenoxy) is 4. The van der Waals surface area contributed by atoms with Crippen LogP contribution in [-0.2, 0) is 62.1 Å². The number of likely N-dealkylation sites (tertiary alicyclic amines) is 1. The maximum Gasteiger partial charge on any atom is 0.326 e. The zero-order chi connectivity index (χ0) is 59.4. The number of rotatable bonds is 26. The summed E-state index contributed by atoms with van der Waals surface area (Å²) >= 11 is 0. The topological polar surface area (TPSA) is 446 Å². The van der Waals surface area contributed by atoms with Crippen molar-refractivity contribution in [2.45, 2.75) is 212 Å². The van der Waals surface area contributed by atoms with Gasteiger partial charge in [-0.1, -0.05) is 55.4 Å². The molecule has 0 unspecified atom stereocenters. The molecular weight excluding hydrogens is 1030 g/mol. The minimum Gasteiger partial charge on any atom is -0.480 e. The molecule has 16 N–H and O–H groups in total. The summed E-state index contributed by atoms with van der Waals surface area (Å²) in [5, 5.41) is 89.6. The molecule has 0 aromatic rings. The van der Waals surface area contributed by atoms with Gasteiger partial charge in [0, 0.05) is 13.5 Å². The van der Waals surface area contributed by atoms with Crippen molar-refractivity contribution in [1.82, 2.24) is 42.1 Å². The van der Waals surface area contributed by atoms with Crippen LogP contribution >= 0.6 is 0 Å². The molecule has 0 spiro atoms. The molecule has 0 bridgehead atoms. The highest BCUT2D eigenvalue weighted by molar-refractivity contribution is 5.97. The van der Waals surface area contributed by atoms with Crippen LogP contribution in [0.25, 0.3) is 0 Å². The summed E-state index contributed by atoms with van der Waals surface area (Å²) in [5.41, 5.74) is 6.37. The lowest BCUT2D eigenvalue weighted by molar-refractivity contribution is -0.347. The first-order valence-corrected chi connectivity index (χ1v) is 26.2. The first-order valence-electron chi connectivity index (χ1n) is 26.2. The van der Waals surface area contributed by atoms with E-state index in [0.29, 0.717) is 6.42 Å². The van der Waals surface area contributed by atoms with Crippen molar-refractivity contribution in [2.24, 2.45) is 29.4 Å². The molecule has 446 valence electrons. The van der Waals surface area contributed by atoms with Crippen molar-refractivity contribution in [3.8, 4) is 0 Å². The lowest BCUT2D eigenvalue weighted by Crippen LogP contribution is -2.68. The van der Waals surface area contributed by atoms with Crippen LogP contribution in [0.1, 0.15) is 95.9 Å². The monoisotopic (exact) mass is 1120 g/mol. The number of amides is 8. The number of carboxylic acid groups (broad SMARTS) is 1. The average molecular weight is 1120 g/mol. The van der Waals surface area contributed by atoms with Crippen LogP contribution in [0.2, 0.25) is 0 Å². The Morgan fingerprint density at radius 2 is 1.05 bits per heavy atom. The van der Waals surface area contributed by atoms with Crippen LogP contribution < -0.4 is 43.0 Å². The van der Waals surface area contributed by atoms with Gasteiger partial charge in [-0.3, -0.25) is 38.4 Å². The van der Waals surface area contributed by atoms with Crippen molar-refractivity contribution in [2.75, 3.05) is 19.8 Å². The molecule has 3 heterocycles. The molecule has 29 heteroatoms. The number of carbonyl (C=O) groups is 9. The van der Waals surface area contributed by atoms with E-state index in [-0.39, 0.29) is 13.0 Å². The fourth-order valence-electron chi connectivity index (χ4n) is 8.95. The third-order valence-electron chi connectivity index (χ3n) is 13.8. The zero-order valence-corrected chi connectivity index (χ0v) is 46.3. The second kappa shape index (κ2) is 29.8. The van der Waals surface area contributed by atoms with Crippen LogP contribution in [0, 0.1) is 23.7 Å². The first kappa shape index (κ1) is 67.1. The van der Waals surface area contributed by atoms with E-state index < -0.39 is 206 Å². The molecule has 3 aliphatic rings. The lowest BCUT2D eigenvalue weighted by atomic mass is 9.95. The highest BCUT2D eigenvalue weighted by Gasteiger charge is 2.52. The average Bonchev–Trinajstić information content (AvgIpc) is 3.87. The maximum absolute atomic E-state index is 14.2. The summed E-state index contributed by atoms with van der Waals surface area (Å²) in [5.74, 6) is -9.26. The van der Waals surface area contributed by atoms with E-state index >= 15 is 0 Å². The Hall–Kier alpha value is -5.21. The van der Waals surface area contributed by atoms with Gasteiger partial charge in [0.1, 0.15) is 97.1 Å². The SMILES string of the molecule is CC(=O)N[C@H]1[C@@H](O[C@H](C)[C@H](N)C(=O)N[C@H](C(=O)N2CCC[C@H]2C(=O)N[C@@H](C)C(=O)N[C@@H](C)C(=O)N[C@H](C(=O)N[C@H](C(=O)N[C@H](C(=O)O)C(C)C)C(C)C)C(C)C)C(C)C)O[C@H](CO)[C@H](O)[C@@H]1O[C@@H]1O[C@H](CO)[C@H](O)[C@H](O)[C@H]1O. The van der Waals surface area contributed by atoms with Gasteiger partial charge >= 0.3 is 5.97 Å². The van der Waals surface area contributed by atoms with E-state index in [2.05, 4.69) is 37.2 Å². The number of hydrogen-bond acceptors (Lipinski definition) is 20. The van der Waals surface area contributed by atoms with Gasteiger partial charge in [-0.2, -0.15) is 0 Å². The van der Waals surface area contributed by atoms with Gasteiger partial charge in [0.2, 0.25) is 47.3 Å². The van der Waals surface area contributed by atoms with Crippen LogP contribution in [0.3, 0.4) is 0 Å². The summed E-state index contributed by atoms with van der Waals surface area (Å²) in [6, 6.07) is -11.4. The number of hydrogen-bond donors (Lipinski definition) is 15. The zero-order valence-electron chi connectivity index (χ0n) is 46.3. The highest BCUT2D eigenvalue weighted by Crippen LogP contribution is 2.31. The minimum atomic E-state index is -1.93.